The third kappa shape index (κ3) is 3.02. The zero-order chi connectivity index (χ0) is 14.6. The fraction of sp³-hybridized carbons (Fsp3) is 0.562. The van der Waals surface area contributed by atoms with Crippen molar-refractivity contribution in [1.82, 2.24) is 4.90 Å². The quantitative estimate of drug-likeness (QED) is 0.775. The first-order valence-electron chi connectivity index (χ1n) is 7.16. The monoisotopic (exact) mass is 277 g/mol. The van der Waals surface area contributed by atoms with Crippen LogP contribution in [0, 0.1) is 0 Å². The van der Waals surface area contributed by atoms with Crippen LogP contribution < -0.4 is 4.74 Å². The van der Waals surface area contributed by atoms with Crippen molar-refractivity contribution >= 4 is 5.78 Å². The van der Waals surface area contributed by atoms with E-state index in [4.69, 9.17) is 9.47 Å². The number of ether oxygens (including phenoxy) is 2. The van der Waals surface area contributed by atoms with Gasteiger partial charge in [0.2, 0.25) is 0 Å². The lowest BCUT2D eigenvalue weighted by Crippen LogP contribution is -2.54. The zero-order valence-electron chi connectivity index (χ0n) is 12.5. The molecule has 1 aromatic rings. The first kappa shape index (κ1) is 15.0. The van der Waals surface area contributed by atoms with Crippen LogP contribution >= 0.6 is 0 Å². The van der Waals surface area contributed by atoms with E-state index in [9.17, 15) is 4.79 Å². The molecule has 1 aromatic carbocycles. The Balaban J connectivity index is 2.25. The fourth-order valence-electron chi connectivity index (χ4n) is 2.53. The maximum atomic E-state index is 12.9. The molecule has 2 rings (SSSR count). The molecule has 0 aliphatic carbocycles. The highest BCUT2D eigenvalue weighted by molar-refractivity contribution is 6.04. The van der Waals surface area contributed by atoms with Crippen molar-refractivity contribution < 1.29 is 14.3 Å². The molecule has 4 nitrogen and oxygen atoms in total. The van der Waals surface area contributed by atoms with E-state index in [1.807, 2.05) is 45.0 Å². The summed E-state index contributed by atoms with van der Waals surface area (Å²) in [6.07, 6.45) is 0. The lowest BCUT2D eigenvalue weighted by atomic mass is 9.90. The van der Waals surface area contributed by atoms with Crippen LogP contribution in [-0.4, -0.2) is 49.1 Å². The van der Waals surface area contributed by atoms with E-state index in [-0.39, 0.29) is 5.78 Å². The first-order chi connectivity index (χ1) is 9.57. The van der Waals surface area contributed by atoms with Gasteiger partial charge < -0.3 is 9.47 Å². The summed E-state index contributed by atoms with van der Waals surface area (Å²) < 4.78 is 10.9. The van der Waals surface area contributed by atoms with E-state index in [0.29, 0.717) is 31.1 Å². The number of hydrogen-bond acceptors (Lipinski definition) is 4. The molecule has 110 valence electrons. The average Bonchev–Trinajstić information content (AvgIpc) is 2.48. The highest BCUT2D eigenvalue weighted by Crippen LogP contribution is 2.27. The number of morpholine rings is 1. The van der Waals surface area contributed by atoms with E-state index in [0.717, 1.165) is 13.1 Å². The van der Waals surface area contributed by atoms with Crippen LogP contribution in [0.4, 0.5) is 0 Å². The largest absolute Gasteiger partial charge is 0.493 e. The molecule has 4 heteroatoms. The van der Waals surface area contributed by atoms with Crippen molar-refractivity contribution in [3.05, 3.63) is 29.8 Å². The highest BCUT2D eigenvalue weighted by atomic mass is 16.5. The molecule has 0 amide bonds. The summed E-state index contributed by atoms with van der Waals surface area (Å²) in [6, 6.07) is 7.47. The topological polar surface area (TPSA) is 38.8 Å². The molecule has 20 heavy (non-hydrogen) atoms. The third-order valence-electron chi connectivity index (χ3n) is 3.79. The molecular formula is C16H23NO3. The minimum absolute atomic E-state index is 0.100. The molecule has 1 aliphatic heterocycles. The molecule has 1 fully saturated rings. The van der Waals surface area contributed by atoms with Crippen molar-refractivity contribution in [2.45, 2.75) is 26.3 Å². The molecule has 0 spiro atoms. The number of ketones is 1. The summed E-state index contributed by atoms with van der Waals surface area (Å²) in [4.78, 5) is 15.1. The fourth-order valence-corrected chi connectivity index (χ4v) is 2.53. The first-order valence-corrected chi connectivity index (χ1v) is 7.16. The number of rotatable bonds is 5. The maximum Gasteiger partial charge on any atom is 0.186 e. The van der Waals surface area contributed by atoms with Gasteiger partial charge in [-0.3, -0.25) is 9.69 Å². The molecule has 0 unspecified atom stereocenters. The number of para-hydroxylation sites is 1. The number of carbonyl (C=O) groups is 1. The van der Waals surface area contributed by atoms with Crippen molar-refractivity contribution in [3.8, 4) is 5.75 Å². The van der Waals surface area contributed by atoms with Crippen molar-refractivity contribution in [1.29, 1.82) is 0 Å². The van der Waals surface area contributed by atoms with Crippen LogP contribution in [0.2, 0.25) is 0 Å². The Hall–Kier alpha value is -1.39. The number of carbonyl (C=O) groups excluding carboxylic acids is 1. The summed E-state index contributed by atoms with van der Waals surface area (Å²) in [5.41, 5.74) is 0.114. The maximum absolute atomic E-state index is 12.9. The Morgan fingerprint density at radius 2 is 1.95 bits per heavy atom. The Bertz CT molecular complexity index is 465. The molecule has 1 saturated heterocycles. The second-order valence-corrected chi connectivity index (χ2v) is 5.42. The Morgan fingerprint density at radius 3 is 2.60 bits per heavy atom. The smallest absolute Gasteiger partial charge is 0.186 e. The highest BCUT2D eigenvalue weighted by Gasteiger charge is 2.37. The molecule has 0 N–H and O–H groups in total. The Labute approximate surface area is 120 Å². The Morgan fingerprint density at radius 1 is 1.30 bits per heavy atom. The number of Topliss-reactive ketones (excluding diaryl/α,β-unsaturated/α-hetero) is 1. The van der Waals surface area contributed by atoms with Crippen LogP contribution in [0.1, 0.15) is 31.1 Å². The standard InChI is InChI=1S/C16H23NO3/c1-4-20-14-8-6-5-7-13(14)15(18)16(2,3)17-9-11-19-12-10-17/h5-8H,4,9-12H2,1-3H3. The van der Waals surface area contributed by atoms with Gasteiger partial charge in [0.15, 0.2) is 5.78 Å². The third-order valence-corrected chi connectivity index (χ3v) is 3.79. The van der Waals surface area contributed by atoms with Crippen LogP contribution in [0.25, 0.3) is 0 Å². The number of nitrogens with zero attached hydrogens (tertiary/aromatic N) is 1. The van der Waals surface area contributed by atoms with Gasteiger partial charge in [0, 0.05) is 13.1 Å². The minimum Gasteiger partial charge on any atom is -0.493 e. The van der Waals surface area contributed by atoms with Gasteiger partial charge in [0.05, 0.1) is 30.9 Å². The van der Waals surface area contributed by atoms with E-state index in [1.165, 1.54) is 0 Å². The van der Waals surface area contributed by atoms with Gasteiger partial charge >= 0.3 is 0 Å². The average molecular weight is 277 g/mol. The predicted molar refractivity (Wildman–Crippen MR) is 78.4 cm³/mol. The van der Waals surface area contributed by atoms with Gasteiger partial charge in [0.1, 0.15) is 5.75 Å². The zero-order valence-corrected chi connectivity index (χ0v) is 12.5. The minimum atomic E-state index is -0.545. The van der Waals surface area contributed by atoms with E-state index in [2.05, 4.69) is 4.90 Å². The lowest BCUT2D eigenvalue weighted by molar-refractivity contribution is -0.00439. The molecular weight excluding hydrogens is 254 g/mol. The van der Waals surface area contributed by atoms with Crippen molar-refractivity contribution in [2.75, 3.05) is 32.9 Å². The van der Waals surface area contributed by atoms with Crippen molar-refractivity contribution in [2.24, 2.45) is 0 Å². The van der Waals surface area contributed by atoms with Gasteiger partial charge in [-0.15, -0.1) is 0 Å². The second-order valence-electron chi connectivity index (χ2n) is 5.42. The van der Waals surface area contributed by atoms with Gasteiger partial charge in [-0.05, 0) is 32.9 Å². The Kier molecular flexibility index (Phi) is 4.78. The molecule has 0 atom stereocenters. The van der Waals surface area contributed by atoms with Gasteiger partial charge in [-0.2, -0.15) is 0 Å². The SMILES string of the molecule is CCOc1ccccc1C(=O)C(C)(C)N1CCOCC1. The molecule has 0 radical (unpaired) electrons. The van der Waals surface area contributed by atoms with Crippen molar-refractivity contribution in [3.63, 3.8) is 0 Å². The summed E-state index contributed by atoms with van der Waals surface area (Å²) >= 11 is 0. The van der Waals surface area contributed by atoms with E-state index >= 15 is 0 Å². The van der Waals surface area contributed by atoms with Gasteiger partial charge in [-0.25, -0.2) is 0 Å². The van der Waals surface area contributed by atoms with E-state index < -0.39 is 5.54 Å². The number of hydrogen-bond donors (Lipinski definition) is 0. The number of benzene rings is 1. The van der Waals surface area contributed by atoms with Crippen LogP contribution in [0.5, 0.6) is 5.75 Å². The van der Waals surface area contributed by atoms with Gasteiger partial charge in [0.25, 0.3) is 0 Å². The predicted octanol–water partition coefficient (Wildman–Crippen LogP) is 2.38. The van der Waals surface area contributed by atoms with E-state index in [1.54, 1.807) is 0 Å². The van der Waals surface area contributed by atoms with Crippen LogP contribution in [-0.2, 0) is 4.74 Å². The summed E-state index contributed by atoms with van der Waals surface area (Å²) in [5.74, 6) is 0.768. The summed E-state index contributed by atoms with van der Waals surface area (Å²) in [5, 5.41) is 0. The van der Waals surface area contributed by atoms with Crippen LogP contribution in [0.15, 0.2) is 24.3 Å². The second kappa shape index (κ2) is 6.37. The normalized spacial score (nSPS) is 16.9. The molecule has 0 bridgehead atoms. The molecule has 1 aliphatic rings. The molecule has 0 saturated carbocycles. The molecule has 1 heterocycles. The van der Waals surface area contributed by atoms with Gasteiger partial charge in [-0.1, -0.05) is 12.1 Å². The summed E-state index contributed by atoms with van der Waals surface area (Å²) in [7, 11) is 0. The van der Waals surface area contributed by atoms with Crippen LogP contribution in [0.3, 0.4) is 0 Å². The molecule has 0 aromatic heterocycles. The lowest BCUT2D eigenvalue weighted by Gasteiger charge is -2.39. The summed E-state index contributed by atoms with van der Waals surface area (Å²) in [6.45, 7) is 9.38.